The standard InChI is InChI=1S/C17H6F8N2O2.Mn/c1-4-8(16(28)5-2-6(18)9(20)7(19)3-5)17(29)27(26-4)15-13(24)11(22)10(21)12(23)14(15)25;/h2-3,29H,1H3;. The average molecular weight is 477 g/mol. The van der Waals surface area contributed by atoms with Gasteiger partial charge in [-0.3, -0.25) is 4.79 Å². The zero-order valence-electron chi connectivity index (χ0n) is 14.3. The third-order valence-corrected chi connectivity index (χ3v) is 3.91. The molecule has 159 valence electrons. The predicted molar refractivity (Wildman–Crippen MR) is 79.5 cm³/mol. The number of aryl methyl sites for hydroxylation is 1. The molecule has 1 radical (unpaired) electrons. The maximum atomic E-state index is 14.0. The van der Waals surface area contributed by atoms with Crippen LogP contribution in [0.15, 0.2) is 12.1 Å². The Balaban J connectivity index is 0.00000320. The van der Waals surface area contributed by atoms with Gasteiger partial charge in [-0.25, -0.2) is 35.1 Å². The summed E-state index contributed by atoms with van der Waals surface area (Å²) >= 11 is 0. The van der Waals surface area contributed by atoms with Crippen molar-refractivity contribution in [3.8, 4) is 11.6 Å². The van der Waals surface area contributed by atoms with Crippen molar-refractivity contribution in [1.29, 1.82) is 0 Å². The molecule has 0 amide bonds. The maximum absolute atomic E-state index is 14.0. The molecule has 0 unspecified atom stereocenters. The number of rotatable bonds is 3. The Hall–Kier alpha value is -2.92. The van der Waals surface area contributed by atoms with Gasteiger partial charge in [-0.2, -0.15) is 9.78 Å². The summed E-state index contributed by atoms with van der Waals surface area (Å²) in [6.45, 7) is 1.01. The zero-order chi connectivity index (χ0) is 21.8. The average Bonchev–Trinajstić information content (AvgIpc) is 2.96. The summed E-state index contributed by atoms with van der Waals surface area (Å²) in [5.74, 6) is -19.9. The van der Waals surface area contributed by atoms with Crippen molar-refractivity contribution >= 4 is 5.78 Å². The molecule has 3 aromatic rings. The molecule has 13 heteroatoms. The van der Waals surface area contributed by atoms with Gasteiger partial charge in [-0.1, -0.05) is 0 Å². The first-order valence-electron chi connectivity index (χ1n) is 7.47. The smallest absolute Gasteiger partial charge is 0.226 e. The Kier molecular flexibility index (Phi) is 6.29. The first-order valence-corrected chi connectivity index (χ1v) is 7.47. The maximum Gasteiger partial charge on any atom is 0.226 e. The van der Waals surface area contributed by atoms with Crippen LogP contribution in [0.5, 0.6) is 5.88 Å². The molecule has 0 spiro atoms. The predicted octanol–water partition coefficient (Wildman–Crippen LogP) is 4.23. The fourth-order valence-electron chi connectivity index (χ4n) is 2.55. The van der Waals surface area contributed by atoms with Crippen molar-refractivity contribution in [3.05, 3.63) is 75.5 Å². The van der Waals surface area contributed by atoms with Crippen LogP contribution in [0.3, 0.4) is 0 Å². The number of carbonyl (C=O) groups excluding carboxylic acids is 1. The van der Waals surface area contributed by atoms with Gasteiger partial charge >= 0.3 is 0 Å². The van der Waals surface area contributed by atoms with Crippen molar-refractivity contribution in [3.63, 3.8) is 0 Å². The third-order valence-electron chi connectivity index (χ3n) is 3.91. The minimum atomic E-state index is -2.46. The molecule has 1 heterocycles. The number of aromatic nitrogens is 2. The van der Waals surface area contributed by atoms with E-state index >= 15 is 0 Å². The van der Waals surface area contributed by atoms with Crippen molar-refractivity contribution in [1.82, 2.24) is 9.78 Å². The van der Waals surface area contributed by atoms with E-state index in [1.54, 1.807) is 0 Å². The minimum Gasteiger partial charge on any atom is -0.493 e. The van der Waals surface area contributed by atoms with Crippen molar-refractivity contribution in [2.24, 2.45) is 0 Å². The molecule has 0 aliphatic rings. The van der Waals surface area contributed by atoms with Crippen molar-refractivity contribution in [2.45, 2.75) is 6.92 Å². The van der Waals surface area contributed by atoms with E-state index in [4.69, 9.17) is 0 Å². The molecule has 0 fully saturated rings. The SMILES string of the molecule is Cc1nn(-c2c(F)c(F)c(F)c(F)c2F)c(O)c1C(=O)c1cc(F)c(F)c(F)c1.[Mn]. The number of aromatic hydroxyl groups is 1. The Bertz CT molecular complexity index is 1140. The number of carbonyl (C=O) groups is 1. The summed E-state index contributed by atoms with van der Waals surface area (Å²) in [7, 11) is 0. The quantitative estimate of drug-likeness (QED) is 0.202. The zero-order valence-corrected chi connectivity index (χ0v) is 15.5. The van der Waals surface area contributed by atoms with E-state index in [1.807, 2.05) is 0 Å². The summed E-state index contributed by atoms with van der Waals surface area (Å²) in [6.07, 6.45) is 0. The van der Waals surface area contributed by atoms with Gasteiger partial charge in [0.1, 0.15) is 11.3 Å². The molecular formula is C17H6F8MnN2O2. The fourth-order valence-corrected chi connectivity index (χ4v) is 2.55. The number of ketones is 1. The molecule has 2 aromatic carbocycles. The second-order valence-corrected chi connectivity index (χ2v) is 5.70. The molecule has 1 aromatic heterocycles. The van der Waals surface area contributed by atoms with Crippen LogP contribution in [0.1, 0.15) is 21.6 Å². The van der Waals surface area contributed by atoms with Crippen molar-refractivity contribution < 1.29 is 62.1 Å². The Labute approximate surface area is 172 Å². The summed E-state index contributed by atoms with van der Waals surface area (Å²) < 4.78 is 108. The molecular weight excluding hydrogens is 471 g/mol. The fraction of sp³-hybridized carbons (Fsp3) is 0.0588. The van der Waals surface area contributed by atoms with Crippen LogP contribution in [-0.2, 0) is 17.1 Å². The van der Waals surface area contributed by atoms with Gasteiger partial charge in [0, 0.05) is 22.6 Å². The molecule has 3 rings (SSSR count). The van der Waals surface area contributed by atoms with Crippen LogP contribution in [0.4, 0.5) is 35.1 Å². The van der Waals surface area contributed by atoms with Gasteiger partial charge in [0.2, 0.25) is 17.5 Å². The van der Waals surface area contributed by atoms with Crippen LogP contribution in [0.25, 0.3) is 5.69 Å². The largest absolute Gasteiger partial charge is 0.493 e. The summed E-state index contributed by atoms with van der Waals surface area (Å²) in [5.41, 5.74) is -3.84. The topological polar surface area (TPSA) is 55.1 Å². The molecule has 0 aliphatic heterocycles. The first-order chi connectivity index (χ1) is 13.5. The van der Waals surface area contributed by atoms with Crippen LogP contribution in [0.2, 0.25) is 0 Å². The van der Waals surface area contributed by atoms with Crippen LogP contribution in [-0.4, -0.2) is 20.7 Å². The number of hydrogen-bond acceptors (Lipinski definition) is 3. The van der Waals surface area contributed by atoms with Gasteiger partial charge in [-0.15, -0.1) is 0 Å². The van der Waals surface area contributed by atoms with Crippen LogP contribution in [0, 0.1) is 53.5 Å². The Morgan fingerprint density at radius 3 is 1.73 bits per heavy atom. The van der Waals surface area contributed by atoms with E-state index in [0.717, 1.165) is 6.92 Å². The van der Waals surface area contributed by atoms with E-state index in [2.05, 4.69) is 5.10 Å². The van der Waals surface area contributed by atoms with Gasteiger partial charge in [0.05, 0.1) is 5.69 Å². The van der Waals surface area contributed by atoms with Gasteiger partial charge in [0.25, 0.3) is 0 Å². The van der Waals surface area contributed by atoms with E-state index < -0.39 is 80.7 Å². The van der Waals surface area contributed by atoms with Crippen LogP contribution >= 0.6 is 0 Å². The minimum absolute atomic E-state index is 0. The van der Waals surface area contributed by atoms with E-state index in [9.17, 15) is 45.0 Å². The number of halogens is 8. The second kappa shape index (κ2) is 8.07. The van der Waals surface area contributed by atoms with E-state index in [0.29, 0.717) is 0 Å². The summed E-state index contributed by atoms with van der Waals surface area (Å²) in [5, 5.41) is 13.5. The molecule has 0 saturated heterocycles. The van der Waals surface area contributed by atoms with E-state index in [1.165, 1.54) is 0 Å². The molecule has 1 N–H and O–H groups in total. The normalized spacial score (nSPS) is 10.8. The third kappa shape index (κ3) is 3.43. The van der Waals surface area contributed by atoms with E-state index in [-0.39, 0.29) is 33.9 Å². The first kappa shape index (κ1) is 23.4. The molecule has 0 aliphatic carbocycles. The molecule has 0 atom stereocenters. The second-order valence-electron chi connectivity index (χ2n) is 5.70. The summed E-state index contributed by atoms with van der Waals surface area (Å²) in [4.78, 5) is 12.4. The molecule has 0 saturated carbocycles. The van der Waals surface area contributed by atoms with Gasteiger partial charge in [0.15, 0.2) is 40.7 Å². The molecule has 30 heavy (non-hydrogen) atoms. The number of hydrogen-bond donors (Lipinski definition) is 1. The monoisotopic (exact) mass is 477 g/mol. The summed E-state index contributed by atoms with van der Waals surface area (Å²) in [6, 6.07) is 0.574. The van der Waals surface area contributed by atoms with Gasteiger partial charge < -0.3 is 5.11 Å². The molecule has 4 nitrogen and oxygen atoms in total. The Morgan fingerprint density at radius 1 is 0.833 bits per heavy atom. The number of benzene rings is 2. The van der Waals surface area contributed by atoms with Gasteiger partial charge in [-0.05, 0) is 19.1 Å². The molecule has 0 bridgehead atoms. The number of nitrogens with zero attached hydrogens (tertiary/aromatic N) is 2. The van der Waals surface area contributed by atoms with Crippen molar-refractivity contribution in [2.75, 3.05) is 0 Å². The Morgan fingerprint density at radius 2 is 1.27 bits per heavy atom. The van der Waals surface area contributed by atoms with Crippen LogP contribution < -0.4 is 0 Å².